The molecule has 4 rings (SSSR count). The molecule has 0 saturated heterocycles. The molecule has 1 heterocycles. The average molecular weight is 296 g/mol. The molecule has 2 aromatic carbocycles. The predicted molar refractivity (Wildman–Crippen MR) is 79.7 cm³/mol. The van der Waals surface area contributed by atoms with E-state index >= 15 is 0 Å². The minimum absolute atomic E-state index is 0.115. The Kier molecular flexibility index (Phi) is 2.94. The molecule has 2 unspecified atom stereocenters. The minimum Gasteiger partial charge on any atom is -0.478 e. The monoisotopic (exact) mass is 296 g/mol. The van der Waals surface area contributed by atoms with Crippen LogP contribution in [0, 0.1) is 0 Å². The molecular formula is C18H16O4. The molecule has 0 spiro atoms. The van der Waals surface area contributed by atoms with Gasteiger partial charge in [0, 0.05) is 12.3 Å². The molecule has 22 heavy (non-hydrogen) atoms. The van der Waals surface area contributed by atoms with Crippen molar-refractivity contribution in [1.29, 1.82) is 0 Å². The van der Waals surface area contributed by atoms with Gasteiger partial charge in [0.15, 0.2) is 0 Å². The molecule has 0 radical (unpaired) electrons. The first-order valence-electron chi connectivity index (χ1n) is 7.36. The highest BCUT2D eigenvalue weighted by Crippen LogP contribution is 2.54. The Labute approximate surface area is 128 Å². The van der Waals surface area contributed by atoms with Crippen LogP contribution in [-0.4, -0.2) is 16.7 Å². The minimum atomic E-state index is -1.14. The summed E-state index contributed by atoms with van der Waals surface area (Å²) in [4.78, 5) is 11.8. The average Bonchev–Trinajstić information content (AvgIpc) is 3.07. The maximum absolute atomic E-state index is 11.8. The Bertz CT molecular complexity index is 725. The van der Waals surface area contributed by atoms with Crippen LogP contribution in [0.4, 0.5) is 0 Å². The molecule has 4 nitrogen and oxygen atoms in total. The van der Waals surface area contributed by atoms with Gasteiger partial charge >= 0.3 is 5.97 Å². The van der Waals surface area contributed by atoms with E-state index in [1.165, 1.54) is 5.56 Å². The molecule has 0 amide bonds. The lowest BCUT2D eigenvalue weighted by atomic mass is 10.0. The van der Waals surface area contributed by atoms with E-state index in [1.54, 1.807) is 12.1 Å². The summed E-state index contributed by atoms with van der Waals surface area (Å²) >= 11 is 0. The van der Waals surface area contributed by atoms with Gasteiger partial charge in [-0.25, -0.2) is 4.79 Å². The third-order valence-corrected chi connectivity index (χ3v) is 4.46. The van der Waals surface area contributed by atoms with Crippen LogP contribution in [0.1, 0.15) is 29.0 Å². The first-order chi connectivity index (χ1) is 10.7. The van der Waals surface area contributed by atoms with Gasteiger partial charge in [-0.15, -0.1) is 0 Å². The van der Waals surface area contributed by atoms with E-state index in [0.29, 0.717) is 25.4 Å². The molecule has 0 aromatic heterocycles. The van der Waals surface area contributed by atoms with Crippen LogP contribution >= 0.6 is 0 Å². The molecule has 4 heteroatoms. The molecule has 1 saturated carbocycles. The highest BCUT2D eigenvalue weighted by atomic mass is 16.5. The van der Waals surface area contributed by atoms with E-state index in [-0.39, 0.29) is 5.92 Å². The van der Waals surface area contributed by atoms with Crippen LogP contribution in [0.25, 0.3) is 0 Å². The van der Waals surface area contributed by atoms with Gasteiger partial charge in [-0.3, -0.25) is 0 Å². The second-order valence-corrected chi connectivity index (χ2v) is 5.89. The smallest absolute Gasteiger partial charge is 0.348 e. The number of para-hydroxylation sites is 1. The Morgan fingerprint density at radius 2 is 1.91 bits per heavy atom. The van der Waals surface area contributed by atoms with Gasteiger partial charge < -0.3 is 14.6 Å². The van der Waals surface area contributed by atoms with Crippen LogP contribution < -0.4 is 4.74 Å². The fraction of sp³-hybridized carbons (Fsp3) is 0.278. The van der Waals surface area contributed by atoms with E-state index in [9.17, 15) is 9.90 Å². The maximum Gasteiger partial charge on any atom is 0.348 e. The van der Waals surface area contributed by atoms with E-state index in [2.05, 4.69) is 6.07 Å². The van der Waals surface area contributed by atoms with Crippen LogP contribution in [0.5, 0.6) is 5.75 Å². The van der Waals surface area contributed by atoms with Crippen molar-refractivity contribution < 1.29 is 19.4 Å². The van der Waals surface area contributed by atoms with Crippen molar-refractivity contribution in [3.8, 4) is 5.75 Å². The SMILES string of the molecule is O=C(O)C1(Oc2ccccc2)CC1c1ccc2c(c1)COC2. The third-order valence-electron chi connectivity index (χ3n) is 4.46. The number of carbonyl (C=O) groups is 1. The molecule has 2 atom stereocenters. The predicted octanol–water partition coefficient (Wildman–Crippen LogP) is 3.11. The summed E-state index contributed by atoms with van der Waals surface area (Å²) in [6, 6.07) is 15.2. The van der Waals surface area contributed by atoms with Gasteiger partial charge in [0.1, 0.15) is 5.75 Å². The summed E-state index contributed by atoms with van der Waals surface area (Å²) in [6.45, 7) is 1.25. The van der Waals surface area contributed by atoms with Gasteiger partial charge in [0.2, 0.25) is 5.60 Å². The zero-order valence-corrected chi connectivity index (χ0v) is 12.0. The topological polar surface area (TPSA) is 55.8 Å². The van der Waals surface area contributed by atoms with Crippen LogP contribution in [-0.2, 0) is 22.7 Å². The summed E-state index contributed by atoms with van der Waals surface area (Å²) in [7, 11) is 0. The Balaban J connectivity index is 1.62. The van der Waals surface area contributed by atoms with Gasteiger partial charge in [0.05, 0.1) is 13.2 Å². The van der Waals surface area contributed by atoms with E-state index in [0.717, 1.165) is 11.1 Å². The number of carboxylic acids is 1. The van der Waals surface area contributed by atoms with Crippen LogP contribution in [0.15, 0.2) is 48.5 Å². The largest absolute Gasteiger partial charge is 0.478 e. The van der Waals surface area contributed by atoms with Crippen molar-refractivity contribution in [3.05, 3.63) is 65.2 Å². The first-order valence-corrected chi connectivity index (χ1v) is 7.36. The number of hydrogen-bond acceptors (Lipinski definition) is 3. The number of benzene rings is 2. The normalized spacial score (nSPS) is 25.5. The number of aliphatic carboxylic acids is 1. The van der Waals surface area contributed by atoms with Crippen molar-refractivity contribution in [2.75, 3.05) is 0 Å². The van der Waals surface area contributed by atoms with Crippen LogP contribution in [0.3, 0.4) is 0 Å². The zero-order chi connectivity index (χ0) is 15.2. The Morgan fingerprint density at radius 3 is 2.68 bits per heavy atom. The van der Waals surface area contributed by atoms with Crippen molar-refractivity contribution in [1.82, 2.24) is 0 Å². The summed E-state index contributed by atoms with van der Waals surface area (Å²) in [6.07, 6.45) is 0.497. The van der Waals surface area contributed by atoms with Gasteiger partial charge in [-0.2, -0.15) is 0 Å². The van der Waals surface area contributed by atoms with Crippen molar-refractivity contribution in [2.45, 2.75) is 31.2 Å². The Morgan fingerprint density at radius 1 is 1.14 bits per heavy atom. The summed E-state index contributed by atoms with van der Waals surface area (Å²) in [5.41, 5.74) is 2.22. The second-order valence-electron chi connectivity index (χ2n) is 5.89. The molecular weight excluding hydrogens is 280 g/mol. The van der Waals surface area contributed by atoms with E-state index in [4.69, 9.17) is 9.47 Å². The summed E-state index contributed by atoms with van der Waals surface area (Å²) in [5.74, 6) is -0.425. The second kappa shape index (κ2) is 4.85. The summed E-state index contributed by atoms with van der Waals surface area (Å²) < 4.78 is 11.2. The quantitative estimate of drug-likeness (QED) is 0.942. The molecule has 1 N–H and O–H groups in total. The highest BCUT2D eigenvalue weighted by molar-refractivity contribution is 5.84. The molecule has 0 bridgehead atoms. The molecule has 1 aliphatic heterocycles. The fourth-order valence-electron chi connectivity index (χ4n) is 3.13. The number of rotatable bonds is 4. The lowest BCUT2D eigenvalue weighted by molar-refractivity contribution is -0.147. The number of hydrogen-bond donors (Lipinski definition) is 1. The third kappa shape index (κ3) is 2.07. The number of ether oxygens (including phenoxy) is 2. The molecule has 2 aliphatic rings. The van der Waals surface area contributed by atoms with Crippen molar-refractivity contribution in [3.63, 3.8) is 0 Å². The molecule has 112 valence electrons. The first kappa shape index (κ1) is 13.3. The fourth-order valence-corrected chi connectivity index (χ4v) is 3.13. The molecule has 1 aliphatic carbocycles. The van der Waals surface area contributed by atoms with Crippen LogP contribution in [0.2, 0.25) is 0 Å². The van der Waals surface area contributed by atoms with E-state index < -0.39 is 11.6 Å². The zero-order valence-electron chi connectivity index (χ0n) is 12.0. The summed E-state index contributed by atoms with van der Waals surface area (Å²) in [5, 5.41) is 9.64. The Hall–Kier alpha value is -2.33. The molecule has 1 fully saturated rings. The van der Waals surface area contributed by atoms with Gasteiger partial charge in [-0.05, 0) is 28.8 Å². The highest BCUT2D eigenvalue weighted by Gasteiger charge is 2.64. The lowest BCUT2D eigenvalue weighted by Crippen LogP contribution is -2.31. The number of carboxylic acid groups (broad SMARTS) is 1. The van der Waals surface area contributed by atoms with Crippen molar-refractivity contribution >= 4 is 5.97 Å². The molecule has 2 aromatic rings. The lowest BCUT2D eigenvalue weighted by Gasteiger charge is -2.16. The van der Waals surface area contributed by atoms with E-state index in [1.807, 2.05) is 30.3 Å². The maximum atomic E-state index is 11.8. The van der Waals surface area contributed by atoms with Crippen molar-refractivity contribution in [2.24, 2.45) is 0 Å². The number of fused-ring (bicyclic) bond motifs is 1. The standard InChI is InChI=1S/C18H16O4/c19-17(20)18(22-15-4-2-1-3-5-15)9-16(18)12-6-7-13-10-21-11-14(13)8-12/h1-8,16H,9-11H2,(H,19,20). The van der Waals surface area contributed by atoms with Gasteiger partial charge in [0.25, 0.3) is 0 Å². The van der Waals surface area contributed by atoms with Gasteiger partial charge in [-0.1, -0.05) is 36.4 Å².